The summed E-state index contributed by atoms with van der Waals surface area (Å²) in [5, 5.41) is 20.0. The van der Waals surface area contributed by atoms with Crippen molar-refractivity contribution < 1.29 is 10.2 Å². The van der Waals surface area contributed by atoms with Gasteiger partial charge >= 0.3 is 0 Å². The second-order valence-corrected chi connectivity index (χ2v) is 4.60. The van der Waals surface area contributed by atoms with Crippen LogP contribution in [0.15, 0.2) is 24.3 Å². The number of benzene rings is 1. The summed E-state index contributed by atoms with van der Waals surface area (Å²) < 4.78 is 0. The summed E-state index contributed by atoms with van der Waals surface area (Å²) in [5.74, 6) is 0. The fourth-order valence-corrected chi connectivity index (χ4v) is 1.71. The van der Waals surface area contributed by atoms with Crippen LogP contribution in [0.4, 0.5) is 0 Å². The summed E-state index contributed by atoms with van der Waals surface area (Å²) in [6.07, 6.45) is 1.90. The van der Waals surface area contributed by atoms with Crippen molar-refractivity contribution in [3.05, 3.63) is 35.4 Å². The van der Waals surface area contributed by atoms with Crippen LogP contribution in [-0.4, -0.2) is 15.8 Å². The molecule has 1 rings (SSSR count). The molecule has 2 atom stereocenters. The molecule has 0 spiro atoms. The van der Waals surface area contributed by atoms with Gasteiger partial charge < -0.3 is 10.2 Å². The maximum atomic E-state index is 10.0. The Balaban J connectivity index is 2.81. The number of aliphatic hydroxyl groups excluding tert-OH is 1. The van der Waals surface area contributed by atoms with Gasteiger partial charge in [0.2, 0.25) is 0 Å². The van der Waals surface area contributed by atoms with E-state index in [0.717, 1.165) is 18.4 Å². The lowest BCUT2D eigenvalue weighted by atomic mass is 9.90. The highest BCUT2D eigenvalue weighted by Gasteiger charge is 2.29. The van der Waals surface area contributed by atoms with E-state index in [2.05, 4.69) is 6.92 Å². The minimum atomic E-state index is -1.05. The summed E-state index contributed by atoms with van der Waals surface area (Å²) in [4.78, 5) is 0. The first-order chi connectivity index (χ1) is 7.51. The van der Waals surface area contributed by atoms with Crippen molar-refractivity contribution in [1.29, 1.82) is 0 Å². The summed E-state index contributed by atoms with van der Waals surface area (Å²) in [6, 6.07) is 7.85. The van der Waals surface area contributed by atoms with E-state index in [0.29, 0.717) is 6.42 Å². The molecule has 0 aliphatic rings. The lowest BCUT2D eigenvalue weighted by Crippen LogP contribution is -2.31. The second-order valence-electron chi connectivity index (χ2n) is 4.60. The van der Waals surface area contributed by atoms with E-state index in [9.17, 15) is 10.2 Å². The molecule has 0 fully saturated rings. The van der Waals surface area contributed by atoms with E-state index in [-0.39, 0.29) is 0 Å². The van der Waals surface area contributed by atoms with E-state index < -0.39 is 11.7 Å². The molecule has 0 aliphatic heterocycles. The van der Waals surface area contributed by atoms with Gasteiger partial charge in [-0.25, -0.2) is 0 Å². The lowest BCUT2D eigenvalue weighted by Gasteiger charge is -2.28. The number of hydrogen-bond donors (Lipinski definition) is 2. The highest BCUT2D eigenvalue weighted by molar-refractivity contribution is 5.25. The van der Waals surface area contributed by atoms with Gasteiger partial charge in [0, 0.05) is 0 Å². The van der Waals surface area contributed by atoms with Crippen LogP contribution in [0, 0.1) is 0 Å². The standard InChI is InChI=1S/C14H22O2/c1-4-6-11-7-9-12(10-8-11)13(15)14(3,16)5-2/h7-10,13,15-16H,4-6H2,1-3H3. The number of aryl methyl sites for hydroxylation is 1. The Morgan fingerprint density at radius 1 is 1.19 bits per heavy atom. The average Bonchev–Trinajstić information content (AvgIpc) is 2.29. The molecule has 0 radical (unpaired) electrons. The van der Waals surface area contributed by atoms with Crippen LogP contribution >= 0.6 is 0 Å². The zero-order valence-electron chi connectivity index (χ0n) is 10.4. The first-order valence-corrected chi connectivity index (χ1v) is 6.00. The van der Waals surface area contributed by atoms with Crippen LogP contribution in [0.2, 0.25) is 0 Å². The minimum Gasteiger partial charge on any atom is -0.387 e. The van der Waals surface area contributed by atoms with Gasteiger partial charge in [0.25, 0.3) is 0 Å². The van der Waals surface area contributed by atoms with Crippen molar-refractivity contribution in [3.8, 4) is 0 Å². The fraction of sp³-hybridized carbons (Fsp3) is 0.571. The molecule has 1 aromatic rings. The highest BCUT2D eigenvalue weighted by Crippen LogP contribution is 2.28. The van der Waals surface area contributed by atoms with Gasteiger partial charge in [-0.1, -0.05) is 44.5 Å². The summed E-state index contributed by atoms with van der Waals surface area (Å²) in [6.45, 7) is 5.68. The topological polar surface area (TPSA) is 40.5 Å². The van der Waals surface area contributed by atoms with E-state index in [1.165, 1.54) is 5.56 Å². The van der Waals surface area contributed by atoms with Crippen molar-refractivity contribution >= 4 is 0 Å². The Labute approximate surface area is 97.9 Å². The Kier molecular flexibility index (Phi) is 4.51. The van der Waals surface area contributed by atoms with E-state index >= 15 is 0 Å². The Bertz CT molecular complexity index is 314. The van der Waals surface area contributed by atoms with Gasteiger partial charge in [-0.3, -0.25) is 0 Å². The van der Waals surface area contributed by atoms with Gasteiger partial charge in [0.1, 0.15) is 6.10 Å². The smallest absolute Gasteiger partial charge is 0.107 e. The molecular formula is C14H22O2. The Morgan fingerprint density at radius 3 is 2.19 bits per heavy atom. The third-order valence-electron chi connectivity index (χ3n) is 3.14. The molecule has 0 amide bonds. The van der Waals surface area contributed by atoms with Crippen LogP contribution in [0.5, 0.6) is 0 Å². The molecule has 1 aromatic carbocycles. The zero-order chi connectivity index (χ0) is 12.2. The minimum absolute atomic E-state index is 0.533. The molecule has 0 heterocycles. The Morgan fingerprint density at radius 2 is 1.75 bits per heavy atom. The van der Waals surface area contributed by atoms with Crippen LogP contribution in [0.3, 0.4) is 0 Å². The van der Waals surface area contributed by atoms with Crippen molar-refractivity contribution in [2.45, 2.75) is 51.7 Å². The quantitative estimate of drug-likeness (QED) is 0.804. The van der Waals surface area contributed by atoms with Gasteiger partial charge in [-0.2, -0.15) is 0 Å². The Hall–Kier alpha value is -0.860. The summed E-state index contributed by atoms with van der Waals surface area (Å²) in [7, 11) is 0. The highest BCUT2D eigenvalue weighted by atomic mass is 16.3. The molecule has 0 saturated carbocycles. The predicted molar refractivity (Wildman–Crippen MR) is 66.3 cm³/mol. The van der Waals surface area contributed by atoms with Crippen molar-refractivity contribution in [3.63, 3.8) is 0 Å². The van der Waals surface area contributed by atoms with E-state index in [4.69, 9.17) is 0 Å². The first-order valence-electron chi connectivity index (χ1n) is 6.00. The molecule has 0 bridgehead atoms. The predicted octanol–water partition coefficient (Wildman–Crippen LogP) is 2.83. The normalized spacial score (nSPS) is 16.8. The van der Waals surface area contributed by atoms with Crippen LogP contribution in [-0.2, 0) is 6.42 Å². The van der Waals surface area contributed by atoms with Crippen LogP contribution in [0.1, 0.15) is 50.8 Å². The van der Waals surface area contributed by atoms with Crippen molar-refractivity contribution in [1.82, 2.24) is 0 Å². The van der Waals surface area contributed by atoms with Gasteiger partial charge in [0.05, 0.1) is 5.60 Å². The molecule has 90 valence electrons. The van der Waals surface area contributed by atoms with Gasteiger partial charge in [-0.15, -0.1) is 0 Å². The molecule has 2 N–H and O–H groups in total. The van der Waals surface area contributed by atoms with E-state index in [1.807, 2.05) is 31.2 Å². The molecule has 0 saturated heterocycles. The largest absolute Gasteiger partial charge is 0.387 e. The monoisotopic (exact) mass is 222 g/mol. The van der Waals surface area contributed by atoms with Crippen LogP contribution < -0.4 is 0 Å². The third-order valence-corrected chi connectivity index (χ3v) is 3.14. The molecule has 0 aliphatic carbocycles. The number of hydrogen-bond acceptors (Lipinski definition) is 2. The zero-order valence-corrected chi connectivity index (χ0v) is 10.4. The van der Waals surface area contributed by atoms with Crippen molar-refractivity contribution in [2.24, 2.45) is 0 Å². The molecule has 0 aromatic heterocycles. The van der Waals surface area contributed by atoms with Crippen molar-refractivity contribution in [2.75, 3.05) is 0 Å². The van der Waals surface area contributed by atoms with Gasteiger partial charge in [-0.05, 0) is 30.9 Å². The SMILES string of the molecule is CCCc1ccc(C(O)C(C)(O)CC)cc1. The molecular weight excluding hydrogens is 200 g/mol. The first kappa shape index (κ1) is 13.2. The molecule has 2 heteroatoms. The lowest BCUT2D eigenvalue weighted by molar-refractivity contribution is -0.0658. The maximum absolute atomic E-state index is 10.0. The second kappa shape index (κ2) is 5.46. The van der Waals surface area contributed by atoms with E-state index in [1.54, 1.807) is 6.92 Å². The molecule has 2 unspecified atom stereocenters. The summed E-state index contributed by atoms with van der Waals surface area (Å²) in [5.41, 5.74) is 1.01. The third kappa shape index (κ3) is 3.06. The molecule has 16 heavy (non-hydrogen) atoms. The van der Waals surface area contributed by atoms with Crippen LogP contribution in [0.25, 0.3) is 0 Å². The average molecular weight is 222 g/mol. The maximum Gasteiger partial charge on any atom is 0.107 e. The summed E-state index contributed by atoms with van der Waals surface area (Å²) >= 11 is 0. The number of aliphatic hydroxyl groups is 2. The molecule has 2 nitrogen and oxygen atoms in total. The fourth-order valence-electron chi connectivity index (χ4n) is 1.71. The van der Waals surface area contributed by atoms with Gasteiger partial charge in [0.15, 0.2) is 0 Å². The number of rotatable bonds is 5.